The summed E-state index contributed by atoms with van der Waals surface area (Å²) in [7, 11) is 0. The van der Waals surface area contributed by atoms with Crippen molar-refractivity contribution in [3.05, 3.63) is 91.3 Å². The minimum absolute atomic E-state index is 0.205. The van der Waals surface area contributed by atoms with Crippen molar-refractivity contribution in [2.75, 3.05) is 5.32 Å². The molecule has 0 aliphatic carbocycles. The molecule has 0 fully saturated rings. The summed E-state index contributed by atoms with van der Waals surface area (Å²) in [4.78, 5) is 24.8. The predicted molar refractivity (Wildman–Crippen MR) is 99.0 cm³/mol. The number of carbonyl (C=O) groups excluding carboxylic acids is 1. The summed E-state index contributed by atoms with van der Waals surface area (Å²) in [5, 5.41) is 2.80. The van der Waals surface area contributed by atoms with Crippen LogP contribution in [0, 0.1) is 0 Å². The first kappa shape index (κ1) is 15.7. The number of aromatic nitrogens is 4. The number of imidazole rings is 1. The molecular weight excluding hydrogens is 326 g/mol. The largest absolute Gasteiger partial charge is 0.319 e. The van der Waals surface area contributed by atoms with Crippen molar-refractivity contribution in [1.29, 1.82) is 0 Å². The molecule has 6 nitrogen and oxygen atoms in total. The van der Waals surface area contributed by atoms with E-state index >= 15 is 0 Å². The Morgan fingerprint density at radius 2 is 1.58 bits per heavy atom. The van der Waals surface area contributed by atoms with Gasteiger partial charge in [0, 0.05) is 18.0 Å². The van der Waals surface area contributed by atoms with E-state index in [1.54, 1.807) is 47.8 Å². The normalized spacial score (nSPS) is 10.5. The molecule has 0 spiro atoms. The lowest BCUT2D eigenvalue weighted by molar-refractivity contribution is 0.102. The smallest absolute Gasteiger partial charge is 0.255 e. The second-order valence-corrected chi connectivity index (χ2v) is 5.64. The topological polar surface area (TPSA) is 72.7 Å². The monoisotopic (exact) mass is 341 g/mol. The fraction of sp³-hybridized carbons (Fsp3) is 0. The van der Waals surface area contributed by atoms with Crippen molar-refractivity contribution in [3.63, 3.8) is 0 Å². The van der Waals surface area contributed by atoms with Gasteiger partial charge in [-0.05, 0) is 23.3 Å². The van der Waals surface area contributed by atoms with E-state index in [0.717, 1.165) is 11.1 Å². The van der Waals surface area contributed by atoms with E-state index in [2.05, 4.69) is 20.3 Å². The summed E-state index contributed by atoms with van der Waals surface area (Å²) in [6, 6.07) is 17.5. The maximum Gasteiger partial charge on any atom is 0.255 e. The molecule has 0 aliphatic heterocycles. The average molecular weight is 341 g/mol. The van der Waals surface area contributed by atoms with Gasteiger partial charge in [0.05, 0.1) is 18.1 Å². The Labute approximate surface area is 150 Å². The Bertz CT molecular complexity index is 995. The van der Waals surface area contributed by atoms with Crippen molar-refractivity contribution in [2.45, 2.75) is 0 Å². The molecule has 0 saturated carbocycles. The van der Waals surface area contributed by atoms with Crippen LogP contribution in [0.2, 0.25) is 0 Å². The summed E-state index contributed by atoms with van der Waals surface area (Å²) in [5.74, 6) is 0.288. The lowest BCUT2D eigenvalue weighted by atomic mass is 10.0. The Morgan fingerprint density at radius 3 is 2.23 bits per heavy atom. The average Bonchev–Trinajstić information content (AvgIpc) is 3.24. The Balaban J connectivity index is 1.46. The van der Waals surface area contributed by atoms with Crippen LogP contribution in [0.4, 0.5) is 5.69 Å². The molecule has 0 atom stereocenters. The zero-order chi connectivity index (χ0) is 17.8. The number of amides is 1. The van der Waals surface area contributed by atoms with Gasteiger partial charge >= 0.3 is 0 Å². The van der Waals surface area contributed by atoms with Crippen molar-refractivity contribution in [1.82, 2.24) is 19.5 Å². The minimum Gasteiger partial charge on any atom is -0.319 e. The maximum atomic E-state index is 12.4. The van der Waals surface area contributed by atoms with E-state index in [4.69, 9.17) is 0 Å². The second-order valence-electron chi connectivity index (χ2n) is 5.64. The van der Waals surface area contributed by atoms with Gasteiger partial charge in [-0.1, -0.05) is 42.5 Å². The Kier molecular flexibility index (Phi) is 4.22. The molecule has 126 valence electrons. The number of rotatable bonds is 4. The van der Waals surface area contributed by atoms with Gasteiger partial charge < -0.3 is 5.32 Å². The third-order valence-electron chi connectivity index (χ3n) is 3.89. The van der Waals surface area contributed by atoms with Crippen LogP contribution in [0.25, 0.3) is 17.1 Å². The van der Waals surface area contributed by atoms with E-state index in [0.29, 0.717) is 17.2 Å². The zero-order valence-electron chi connectivity index (χ0n) is 13.8. The molecule has 2 aromatic heterocycles. The van der Waals surface area contributed by atoms with E-state index in [-0.39, 0.29) is 5.91 Å². The zero-order valence-corrected chi connectivity index (χ0v) is 13.8. The maximum absolute atomic E-state index is 12.4. The van der Waals surface area contributed by atoms with Crippen molar-refractivity contribution in [3.8, 4) is 17.1 Å². The van der Waals surface area contributed by atoms with Gasteiger partial charge in [-0.3, -0.25) is 9.36 Å². The molecule has 0 aliphatic rings. The first-order valence-corrected chi connectivity index (χ1v) is 8.07. The van der Waals surface area contributed by atoms with E-state index in [9.17, 15) is 4.79 Å². The fourth-order valence-corrected chi connectivity index (χ4v) is 2.54. The number of nitrogens with zero attached hydrogens (tertiary/aromatic N) is 4. The van der Waals surface area contributed by atoms with Crippen molar-refractivity contribution >= 4 is 11.6 Å². The molecule has 2 aromatic carbocycles. The Hall–Kier alpha value is -3.80. The summed E-state index contributed by atoms with van der Waals surface area (Å²) in [5.41, 5.74) is 3.28. The quantitative estimate of drug-likeness (QED) is 0.616. The van der Waals surface area contributed by atoms with Crippen LogP contribution in [-0.4, -0.2) is 25.4 Å². The number of carbonyl (C=O) groups is 1. The standard InChI is InChI=1S/C20H15N5O/c26-19(17-8-6-16(7-9-17)15-4-2-1-3-5-15)24-18-12-22-20(23-13-18)25-11-10-21-14-25/h1-14H,(H,24,26). The molecule has 1 N–H and O–H groups in total. The molecule has 0 saturated heterocycles. The molecule has 6 heteroatoms. The highest BCUT2D eigenvalue weighted by molar-refractivity contribution is 6.04. The molecule has 2 heterocycles. The van der Waals surface area contributed by atoms with Gasteiger partial charge in [-0.15, -0.1) is 0 Å². The lowest BCUT2D eigenvalue weighted by Gasteiger charge is -2.07. The minimum atomic E-state index is -0.205. The van der Waals surface area contributed by atoms with Crippen LogP contribution >= 0.6 is 0 Å². The highest BCUT2D eigenvalue weighted by Gasteiger charge is 2.08. The van der Waals surface area contributed by atoms with Gasteiger partial charge in [0.1, 0.15) is 6.33 Å². The van der Waals surface area contributed by atoms with E-state index in [1.165, 1.54) is 0 Å². The molecule has 1 amide bonds. The number of benzene rings is 2. The predicted octanol–water partition coefficient (Wildman–Crippen LogP) is 3.58. The van der Waals surface area contributed by atoms with Gasteiger partial charge in [0.25, 0.3) is 5.91 Å². The number of anilines is 1. The first-order chi connectivity index (χ1) is 12.8. The summed E-state index contributed by atoms with van der Waals surface area (Å²) in [6.45, 7) is 0. The number of nitrogens with one attached hydrogen (secondary N) is 1. The van der Waals surface area contributed by atoms with Crippen LogP contribution in [0.1, 0.15) is 10.4 Å². The fourth-order valence-electron chi connectivity index (χ4n) is 2.54. The van der Waals surface area contributed by atoms with Crippen LogP contribution < -0.4 is 5.32 Å². The van der Waals surface area contributed by atoms with Crippen molar-refractivity contribution < 1.29 is 4.79 Å². The second kappa shape index (κ2) is 6.98. The molecule has 0 bridgehead atoms. The molecule has 4 aromatic rings. The molecular formula is C20H15N5O. The Morgan fingerprint density at radius 1 is 0.885 bits per heavy atom. The highest BCUT2D eigenvalue weighted by Crippen LogP contribution is 2.19. The van der Waals surface area contributed by atoms with Gasteiger partial charge in [-0.2, -0.15) is 0 Å². The number of hydrogen-bond donors (Lipinski definition) is 1. The summed E-state index contributed by atoms with van der Waals surface area (Å²) in [6.07, 6.45) is 8.15. The summed E-state index contributed by atoms with van der Waals surface area (Å²) < 4.78 is 1.69. The molecule has 0 unspecified atom stereocenters. The van der Waals surface area contributed by atoms with Crippen LogP contribution in [-0.2, 0) is 0 Å². The molecule has 26 heavy (non-hydrogen) atoms. The van der Waals surface area contributed by atoms with E-state index in [1.807, 2.05) is 42.5 Å². The highest BCUT2D eigenvalue weighted by atomic mass is 16.1. The number of hydrogen-bond acceptors (Lipinski definition) is 4. The van der Waals surface area contributed by atoms with E-state index < -0.39 is 0 Å². The van der Waals surface area contributed by atoms with Crippen LogP contribution in [0.3, 0.4) is 0 Å². The van der Waals surface area contributed by atoms with Gasteiger partial charge in [-0.25, -0.2) is 15.0 Å². The third kappa shape index (κ3) is 3.34. The lowest BCUT2D eigenvalue weighted by Crippen LogP contribution is -2.12. The van der Waals surface area contributed by atoms with Crippen molar-refractivity contribution in [2.24, 2.45) is 0 Å². The molecule has 4 rings (SSSR count). The van der Waals surface area contributed by atoms with Gasteiger partial charge in [0.15, 0.2) is 0 Å². The van der Waals surface area contributed by atoms with Crippen LogP contribution in [0.15, 0.2) is 85.7 Å². The molecule has 0 radical (unpaired) electrons. The SMILES string of the molecule is O=C(Nc1cnc(-n2ccnc2)nc1)c1ccc(-c2ccccc2)cc1. The third-order valence-corrected chi connectivity index (χ3v) is 3.89. The van der Waals surface area contributed by atoms with Gasteiger partial charge in [0.2, 0.25) is 5.95 Å². The summed E-state index contributed by atoms with van der Waals surface area (Å²) >= 11 is 0. The first-order valence-electron chi connectivity index (χ1n) is 8.07. The van der Waals surface area contributed by atoms with Crippen LogP contribution in [0.5, 0.6) is 0 Å².